The third kappa shape index (κ3) is 4.38. The monoisotopic (exact) mass is 328 g/mol. The number of nitrogens with zero attached hydrogens (tertiary/aromatic N) is 1. The predicted molar refractivity (Wildman–Crippen MR) is 100 cm³/mol. The summed E-state index contributed by atoms with van der Waals surface area (Å²) in [4.78, 5) is 15.1. The fourth-order valence-electron chi connectivity index (χ4n) is 4.41. The van der Waals surface area contributed by atoms with Crippen molar-refractivity contribution in [1.29, 1.82) is 0 Å². The van der Waals surface area contributed by atoms with Gasteiger partial charge in [0.25, 0.3) is 0 Å². The van der Waals surface area contributed by atoms with Gasteiger partial charge < -0.3 is 10.2 Å². The van der Waals surface area contributed by atoms with Gasteiger partial charge >= 0.3 is 0 Å². The summed E-state index contributed by atoms with van der Waals surface area (Å²) in [7, 11) is 0. The first-order valence-corrected chi connectivity index (χ1v) is 9.86. The first kappa shape index (κ1) is 17.5. The lowest BCUT2D eigenvalue weighted by molar-refractivity contribution is -0.118. The molecule has 0 aromatic heterocycles. The van der Waals surface area contributed by atoms with Gasteiger partial charge in [-0.15, -0.1) is 0 Å². The molecule has 3 nitrogen and oxygen atoms in total. The summed E-state index contributed by atoms with van der Waals surface area (Å²) in [6.07, 6.45) is 11.2. The summed E-state index contributed by atoms with van der Waals surface area (Å²) in [5.41, 5.74) is 1.06. The standard InChI is InChI=1S/C21H32N2O/c1-17-10-8-9-15-20(17)22-16-21(24)23(18-11-4-2-5-12-18)19-13-6-3-7-14-19/h2,4-5,11-12,17,19-20,22H,3,6-10,13-16H2,1H3/t17-,20-/m1/s1. The van der Waals surface area contributed by atoms with Crippen LogP contribution in [0.4, 0.5) is 5.69 Å². The van der Waals surface area contributed by atoms with Gasteiger partial charge in [0, 0.05) is 17.8 Å². The molecule has 1 aromatic carbocycles. The van der Waals surface area contributed by atoms with Crippen molar-refractivity contribution in [2.24, 2.45) is 5.92 Å². The van der Waals surface area contributed by atoms with Crippen molar-refractivity contribution in [2.45, 2.75) is 76.8 Å². The third-order valence-corrected chi connectivity index (χ3v) is 5.87. The minimum absolute atomic E-state index is 0.242. The van der Waals surface area contributed by atoms with Crippen LogP contribution in [0.3, 0.4) is 0 Å². The van der Waals surface area contributed by atoms with Gasteiger partial charge in [0.2, 0.25) is 5.91 Å². The molecule has 2 saturated carbocycles. The van der Waals surface area contributed by atoms with Crippen molar-refractivity contribution >= 4 is 11.6 Å². The number of rotatable bonds is 5. The Labute approximate surface area is 146 Å². The molecule has 0 heterocycles. The molecule has 0 saturated heterocycles. The summed E-state index contributed by atoms with van der Waals surface area (Å²) in [5.74, 6) is 0.928. The van der Waals surface area contributed by atoms with Crippen LogP contribution in [0.5, 0.6) is 0 Å². The second kappa shape index (κ2) is 8.66. The van der Waals surface area contributed by atoms with E-state index in [0.29, 0.717) is 24.5 Å². The van der Waals surface area contributed by atoms with Gasteiger partial charge in [-0.3, -0.25) is 4.79 Å². The lowest BCUT2D eigenvalue weighted by atomic mass is 9.86. The molecule has 0 radical (unpaired) electrons. The minimum atomic E-state index is 0.242. The molecule has 132 valence electrons. The SMILES string of the molecule is C[C@@H]1CCCC[C@H]1NCC(=O)N(c1ccccc1)C1CCCCC1. The van der Waals surface area contributed by atoms with Crippen LogP contribution in [0.1, 0.15) is 64.7 Å². The molecule has 1 N–H and O–H groups in total. The zero-order valence-electron chi connectivity index (χ0n) is 15.0. The van der Waals surface area contributed by atoms with Crippen molar-refractivity contribution in [3.63, 3.8) is 0 Å². The molecule has 2 atom stereocenters. The summed E-state index contributed by atoms with van der Waals surface area (Å²) >= 11 is 0. The van der Waals surface area contributed by atoms with E-state index in [1.54, 1.807) is 0 Å². The number of para-hydroxylation sites is 1. The molecular formula is C21H32N2O. The van der Waals surface area contributed by atoms with Crippen molar-refractivity contribution in [2.75, 3.05) is 11.4 Å². The Morgan fingerprint density at radius 1 is 1.00 bits per heavy atom. The van der Waals surface area contributed by atoms with Crippen LogP contribution >= 0.6 is 0 Å². The van der Waals surface area contributed by atoms with E-state index < -0.39 is 0 Å². The number of hydrogen-bond donors (Lipinski definition) is 1. The maximum Gasteiger partial charge on any atom is 0.241 e. The third-order valence-electron chi connectivity index (χ3n) is 5.87. The Balaban J connectivity index is 1.66. The number of nitrogens with one attached hydrogen (secondary N) is 1. The molecule has 0 spiro atoms. The normalized spacial score (nSPS) is 25.4. The molecule has 0 unspecified atom stereocenters. The molecule has 0 bridgehead atoms. The average Bonchev–Trinajstić information content (AvgIpc) is 2.63. The van der Waals surface area contributed by atoms with Crippen LogP contribution in [0.25, 0.3) is 0 Å². The Morgan fingerprint density at radius 3 is 2.38 bits per heavy atom. The molecule has 1 aromatic rings. The fourth-order valence-corrected chi connectivity index (χ4v) is 4.41. The number of carbonyl (C=O) groups excluding carboxylic acids is 1. The Kier molecular flexibility index (Phi) is 6.30. The van der Waals surface area contributed by atoms with E-state index in [1.807, 2.05) is 18.2 Å². The van der Waals surface area contributed by atoms with Crippen molar-refractivity contribution in [3.8, 4) is 0 Å². The minimum Gasteiger partial charge on any atom is -0.308 e. The van der Waals surface area contributed by atoms with Crippen molar-refractivity contribution in [3.05, 3.63) is 30.3 Å². The van der Waals surface area contributed by atoms with Crippen LogP contribution < -0.4 is 10.2 Å². The highest BCUT2D eigenvalue weighted by Gasteiger charge is 2.28. The smallest absolute Gasteiger partial charge is 0.241 e. The largest absolute Gasteiger partial charge is 0.308 e. The molecule has 3 rings (SSSR count). The Hall–Kier alpha value is -1.35. The molecule has 0 aliphatic heterocycles. The highest BCUT2D eigenvalue weighted by Crippen LogP contribution is 2.28. The van der Waals surface area contributed by atoms with Crippen molar-refractivity contribution < 1.29 is 4.79 Å². The molecule has 24 heavy (non-hydrogen) atoms. The molecule has 1 amide bonds. The van der Waals surface area contributed by atoms with E-state index in [9.17, 15) is 4.79 Å². The summed E-state index contributed by atoms with van der Waals surface area (Å²) < 4.78 is 0. The maximum atomic E-state index is 13.1. The topological polar surface area (TPSA) is 32.3 Å². The lowest BCUT2D eigenvalue weighted by Crippen LogP contribution is -2.48. The van der Waals surface area contributed by atoms with Gasteiger partial charge in [-0.1, -0.05) is 57.2 Å². The van der Waals surface area contributed by atoms with E-state index >= 15 is 0 Å². The van der Waals surface area contributed by atoms with Gasteiger partial charge in [-0.25, -0.2) is 0 Å². The summed E-state index contributed by atoms with van der Waals surface area (Å²) in [5, 5.41) is 3.57. The average molecular weight is 329 g/mol. The highest BCUT2D eigenvalue weighted by atomic mass is 16.2. The first-order valence-electron chi connectivity index (χ1n) is 9.86. The van der Waals surface area contributed by atoms with Crippen LogP contribution in [-0.4, -0.2) is 24.5 Å². The first-order chi connectivity index (χ1) is 11.8. The van der Waals surface area contributed by atoms with E-state index in [0.717, 1.165) is 18.5 Å². The van der Waals surface area contributed by atoms with E-state index in [1.165, 1.54) is 44.9 Å². The Bertz CT molecular complexity index is 510. The van der Waals surface area contributed by atoms with Gasteiger partial charge in [0.15, 0.2) is 0 Å². The predicted octanol–water partition coefficient (Wildman–Crippen LogP) is 4.52. The van der Waals surface area contributed by atoms with Gasteiger partial charge in [0.05, 0.1) is 6.54 Å². The van der Waals surface area contributed by atoms with Crippen LogP contribution in [-0.2, 0) is 4.79 Å². The zero-order chi connectivity index (χ0) is 16.8. The lowest BCUT2D eigenvalue weighted by Gasteiger charge is -2.36. The van der Waals surface area contributed by atoms with E-state index in [2.05, 4.69) is 29.3 Å². The fraction of sp³-hybridized carbons (Fsp3) is 0.667. The second-order valence-corrected chi connectivity index (χ2v) is 7.64. The maximum absolute atomic E-state index is 13.1. The van der Waals surface area contributed by atoms with Crippen LogP contribution in [0.2, 0.25) is 0 Å². The number of benzene rings is 1. The van der Waals surface area contributed by atoms with Crippen LogP contribution in [0, 0.1) is 5.92 Å². The van der Waals surface area contributed by atoms with E-state index in [-0.39, 0.29) is 5.91 Å². The molecular weight excluding hydrogens is 296 g/mol. The number of anilines is 1. The van der Waals surface area contributed by atoms with E-state index in [4.69, 9.17) is 0 Å². The van der Waals surface area contributed by atoms with Gasteiger partial charge in [-0.2, -0.15) is 0 Å². The summed E-state index contributed by atoms with van der Waals surface area (Å²) in [6.45, 7) is 2.79. The highest BCUT2D eigenvalue weighted by molar-refractivity contribution is 5.95. The number of hydrogen-bond acceptors (Lipinski definition) is 2. The molecule has 2 fully saturated rings. The molecule has 3 heteroatoms. The zero-order valence-corrected chi connectivity index (χ0v) is 15.0. The number of carbonyl (C=O) groups is 1. The second-order valence-electron chi connectivity index (χ2n) is 7.64. The Morgan fingerprint density at radius 2 is 1.67 bits per heavy atom. The van der Waals surface area contributed by atoms with Gasteiger partial charge in [0.1, 0.15) is 0 Å². The molecule has 2 aliphatic carbocycles. The molecule has 2 aliphatic rings. The van der Waals surface area contributed by atoms with Crippen LogP contribution in [0.15, 0.2) is 30.3 Å². The summed E-state index contributed by atoms with van der Waals surface area (Å²) in [6, 6.07) is 11.1. The quantitative estimate of drug-likeness (QED) is 0.862. The van der Waals surface area contributed by atoms with Crippen molar-refractivity contribution in [1.82, 2.24) is 5.32 Å². The van der Waals surface area contributed by atoms with Gasteiger partial charge in [-0.05, 0) is 43.7 Å². The number of amides is 1.